The Morgan fingerprint density at radius 2 is 1.82 bits per heavy atom. The Labute approximate surface area is 130 Å². The van der Waals surface area contributed by atoms with Crippen LogP contribution in [0.3, 0.4) is 0 Å². The van der Waals surface area contributed by atoms with Crippen molar-refractivity contribution in [1.29, 1.82) is 0 Å². The first-order chi connectivity index (χ1) is 10.3. The van der Waals surface area contributed by atoms with Crippen molar-refractivity contribution in [2.75, 3.05) is 25.0 Å². The van der Waals surface area contributed by atoms with E-state index in [9.17, 15) is 13.2 Å². The standard InChI is InChI=1S/C15H20N2O4S/c1-10-8-17(9-11(2)21-10)22(19,20)13-4-5-14-12(6-13)7-15(18)16(14)3/h4-6,10-11H,7-9H2,1-3H3/t10-,11-/m1/s1. The molecule has 3 rings (SSSR count). The molecule has 1 amide bonds. The molecule has 2 aliphatic rings. The third-order valence-corrected chi connectivity index (χ3v) is 5.98. The van der Waals surface area contributed by atoms with Gasteiger partial charge in [0.2, 0.25) is 15.9 Å². The Bertz CT molecular complexity index is 706. The van der Waals surface area contributed by atoms with E-state index in [4.69, 9.17) is 4.74 Å². The lowest BCUT2D eigenvalue weighted by molar-refractivity contribution is -0.117. The van der Waals surface area contributed by atoms with Gasteiger partial charge >= 0.3 is 0 Å². The van der Waals surface area contributed by atoms with Gasteiger partial charge < -0.3 is 9.64 Å². The van der Waals surface area contributed by atoms with Crippen LogP contribution in [0.2, 0.25) is 0 Å². The maximum atomic E-state index is 12.8. The van der Waals surface area contributed by atoms with Gasteiger partial charge in [0.1, 0.15) is 0 Å². The number of likely N-dealkylation sites (N-methyl/N-ethyl adjacent to an activating group) is 1. The van der Waals surface area contributed by atoms with Crippen molar-refractivity contribution in [2.24, 2.45) is 0 Å². The van der Waals surface area contributed by atoms with Crippen molar-refractivity contribution in [3.63, 3.8) is 0 Å². The van der Waals surface area contributed by atoms with Crippen molar-refractivity contribution in [2.45, 2.75) is 37.4 Å². The Kier molecular flexibility index (Phi) is 3.74. The number of fused-ring (bicyclic) bond motifs is 1. The number of amides is 1. The third kappa shape index (κ3) is 2.53. The number of hydrogen-bond donors (Lipinski definition) is 0. The quantitative estimate of drug-likeness (QED) is 0.814. The molecular weight excluding hydrogens is 304 g/mol. The average Bonchev–Trinajstić information content (AvgIpc) is 2.72. The van der Waals surface area contributed by atoms with Crippen LogP contribution in [0.15, 0.2) is 23.1 Å². The number of morpholine rings is 1. The SMILES string of the molecule is C[C@@H]1CN(S(=O)(=O)c2ccc3c(c2)CC(=O)N3C)C[C@@H](C)O1. The fraction of sp³-hybridized carbons (Fsp3) is 0.533. The highest BCUT2D eigenvalue weighted by atomic mass is 32.2. The molecule has 0 spiro atoms. The van der Waals surface area contributed by atoms with Crippen molar-refractivity contribution in [1.82, 2.24) is 4.31 Å². The Hall–Kier alpha value is -1.44. The van der Waals surface area contributed by atoms with Crippen LogP contribution in [-0.4, -0.2) is 51.0 Å². The summed E-state index contributed by atoms with van der Waals surface area (Å²) in [5.74, 6) is -0.0156. The predicted molar refractivity (Wildman–Crippen MR) is 82.3 cm³/mol. The van der Waals surface area contributed by atoms with E-state index in [0.717, 1.165) is 11.3 Å². The van der Waals surface area contributed by atoms with E-state index in [-0.39, 0.29) is 29.4 Å². The summed E-state index contributed by atoms with van der Waals surface area (Å²) in [7, 11) is -1.86. The minimum atomic E-state index is -3.56. The van der Waals surface area contributed by atoms with E-state index >= 15 is 0 Å². The van der Waals surface area contributed by atoms with Crippen LogP contribution < -0.4 is 4.90 Å². The average molecular weight is 324 g/mol. The second-order valence-electron chi connectivity index (χ2n) is 6.00. The number of sulfonamides is 1. The molecule has 1 saturated heterocycles. The van der Waals surface area contributed by atoms with Crippen molar-refractivity contribution >= 4 is 21.6 Å². The van der Waals surface area contributed by atoms with Gasteiger partial charge in [-0.1, -0.05) is 0 Å². The number of anilines is 1. The van der Waals surface area contributed by atoms with Crippen LogP contribution in [0.1, 0.15) is 19.4 Å². The first-order valence-corrected chi connectivity index (χ1v) is 8.78. The van der Waals surface area contributed by atoms with Gasteiger partial charge in [0.05, 0.1) is 23.5 Å². The van der Waals surface area contributed by atoms with Gasteiger partial charge in [-0.2, -0.15) is 4.31 Å². The zero-order chi connectivity index (χ0) is 16.1. The first-order valence-electron chi connectivity index (χ1n) is 7.34. The van der Waals surface area contributed by atoms with E-state index in [1.807, 2.05) is 13.8 Å². The van der Waals surface area contributed by atoms with Crippen LogP contribution in [0, 0.1) is 0 Å². The summed E-state index contributed by atoms with van der Waals surface area (Å²) < 4.78 is 32.7. The summed E-state index contributed by atoms with van der Waals surface area (Å²) in [5, 5.41) is 0. The fourth-order valence-corrected chi connectivity index (χ4v) is 4.72. The molecule has 0 aromatic heterocycles. The molecule has 0 radical (unpaired) electrons. The molecule has 7 heteroatoms. The lowest BCUT2D eigenvalue weighted by Crippen LogP contribution is -2.48. The summed E-state index contributed by atoms with van der Waals surface area (Å²) in [6.45, 7) is 4.44. The molecule has 0 saturated carbocycles. The molecule has 22 heavy (non-hydrogen) atoms. The largest absolute Gasteiger partial charge is 0.373 e. The van der Waals surface area contributed by atoms with Gasteiger partial charge in [-0.05, 0) is 37.6 Å². The number of benzene rings is 1. The topological polar surface area (TPSA) is 66.9 Å². The van der Waals surface area contributed by atoms with Crippen LogP contribution in [-0.2, 0) is 26.0 Å². The maximum absolute atomic E-state index is 12.8. The number of rotatable bonds is 2. The second-order valence-corrected chi connectivity index (χ2v) is 7.94. The monoisotopic (exact) mass is 324 g/mol. The smallest absolute Gasteiger partial charge is 0.243 e. The Balaban J connectivity index is 1.94. The van der Waals surface area contributed by atoms with Gasteiger partial charge in [0.25, 0.3) is 0 Å². The fourth-order valence-electron chi connectivity index (χ4n) is 3.08. The normalized spacial score (nSPS) is 26.3. The molecule has 2 atom stereocenters. The highest BCUT2D eigenvalue weighted by Crippen LogP contribution is 2.31. The molecule has 6 nitrogen and oxygen atoms in total. The zero-order valence-electron chi connectivity index (χ0n) is 12.9. The van der Waals surface area contributed by atoms with Crippen LogP contribution in [0.4, 0.5) is 5.69 Å². The van der Waals surface area contributed by atoms with Gasteiger partial charge in [0, 0.05) is 25.8 Å². The Morgan fingerprint density at radius 3 is 2.45 bits per heavy atom. The first kappa shape index (κ1) is 15.5. The number of carbonyl (C=O) groups is 1. The summed E-state index contributed by atoms with van der Waals surface area (Å²) >= 11 is 0. The molecule has 1 aromatic rings. The van der Waals surface area contributed by atoms with Crippen LogP contribution in [0.5, 0.6) is 0 Å². The molecule has 0 unspecified atom stereocenters. The maximum Gasteiger partial charge on any atom is 0.243 e. The number of nitrogens with zero attached hydrogens (tertiary/aromatic N) is 2. The summed E-state index contributed by atoms with van der Waals surface area (Å²) in [6.07, 6.45) is 0.00630. The second kappa shape index (κ2) is 5.33. The molecule has 0 N–H and O–H groups in total. The predicted octanol–water partition coefficient (Wildman–Crippen LogP) is 1.00. The molecule has 0 bridgehead atoms. The van der Waals surface area contributed by atoms with E-state index in [2.05, 4.69) is 0 Å². The van der Waals surface area contributed by atoms with Crippen LogP contribution in [0.25, 0.3) is 0 Å². The highest BCUT2D eigenvalue weighted by Gasteiger charge is 2.33. The lowest BCUT2D eigenvalue weighted by atomic mass is 10.2. The number of carbonyl (C=O) groups excluding carboxylic acids is 1. The molecule has 2 heterocycles. The number of ether oxygens (including phenoxy) is 1. The van der Waals surface area contributed by atoms with E-state index in [1.54, 1.807) is 30.1 Å². The molecule has 1 fully saturated rings. The van der Waals surface area contributed by atoms with Gasteiger partial charge in [-0.25, -0.2) is 8.42 Å². The van der Waals surface area contributed by atoms with E-state index in [1.165, 1.54) is 4.31 Å². The minimum Gasteiger partial charge on any atom is -0.373 e. The Morgan fingerprint density at radius 1 is 1.18 bits per heavy atom. The van der Waals surface area contributed by atoms with Gasteiger partial charge in [0.15, 0.2) is 0 Å². The van der Waals surface area contributed by atoms with E-state index in [0.29, 0.717) is 13.1 Å². The molecule has 120 valence electrons. The molecular formula is C15H20N2O4S. The summed E-state index contributed by atoms with van der Waals surface area (Å²) in [4.78, 5) is 13.5. The third-order valence-electron chi connectivity index (χ3n) is 4.15. The lowest BCUT2D eigenvalue weighted by Gasteiger charge is -2.34. The van der Waals surface area contributed by atoms with Gasteiger partial charge in [-0.3, -0.25) is 4.79 Å². The summed E-state index contributed by atoms with van der Waals surface area (Å²) in [6, 6.07) is 4.91. The van der Waals surface area contributed by atoms with Gasteiger partial charge in [-0.15, -0.1) is 0 Å². The minimum absolute atomic E-state index is 0.0156. The van der Waals surface area contributed by atoms with Crippen LogP contribution >= 0.6 is 0 Å². The van der Waals surface area contributed by atoms with Crippen molar-refractivity contribution in [3.8, 4) is 0 Å². The van der Waals surface area contributed by atoms with Crippen molar-refractivity contribution < 1.29 is 17.9 Å². The molecule has 2 aliphatic heterocycles. The zero-order valence-corrected chi connectivity index (χ0v) is 13.8. The number of hydrogen-bond acceptors (Lipinski definition) is 4. The summed E-state index contributed by atoms with van der Waals surface area (Å²) in [5.41, 5.74) is 1.55. The van der Waals surface area contributed by atoms with E-state index < -0.39 is 10.0 Å². The van der Waals surface area contributed by atoms with Crippen molar-refractivity contribution in [3.05, 3.63) is 23.8 Å². The molecule has 1 aromatic carbocycles. The highest BCUT2D eigenvalue weighted by molar-refractivity contribution is 7.89. The molecule has 0 aliphatic carbocycles.